The molecule has 0 bridgehead atoms. The Labute approximate surface area is 128 Å². The van der Waals surface area contributed by atoms with E-state index in [0.717, 1.165) is 44.6 Å². The van der Waals surface area contributed by atoms with Crippen LogP contribution in [0.5, 0.6) is 0 Å². The maximum atomic E-state index is 12.2. The number of ether oxygens (including phenoxy) is 1. The third-order valence-electron chi connectivity index (χ3n) is 4.90. The van der Waals surface area contributed by atoms with Gasteiger partial charge < -0.3 is 10.1 Å². The van der Waals surface area contributed by atoms with E-state index in [9.17, 15) is 4.79 Å². The molecule has 0 aromatic carbocycles. The molecule has 2 aliphatic rings. The van der Waals surface area contributed by atoms with Crippen LogP contribution in [0.3, 0.4) is 0 Å². The van der Waals surface area contributed by atoms with Crippen LogP contribution in [-0.2, 0) is 9.53 Å². The molecule has 4 heteroatoms. The highest BCUT2D eigenvalue weighted by molar-refractivity contribution is 5.92. The van der Waals surface area contributed by atoms with E-state index >= 15 is 0 Å². The molecule has 0 spiro atoms. The van der Waals surface area contributed by atoms with Crippen molar-refractivity contribution in [2.24, 2.45) is 0 Å². The summed E-state index contributed by atoms with van der Waals surface area (Å²) < 4.78 is 5.56. The fraction of sp³-hybridized carbons (Fsp3) is 0.824. The quantitative estimate of drug-likeness (QED) is 0.792. The third kappa shape index (κ3) is 4.30. The first-order valence-electron chi connectivity index (χ1n) is 8.46. The van der Waals surface area contributed by atoms with Crippen molar-refractivity contribution < 1.29 is 9.53 Å². The second kappa shape index (κ2) is 7.95. The van der Waals surface area contributed by atoms with Crippen molar-refractivity contribution in [1.29, 1.82) is 0 Å². The van der Waals surface area contributed by atoms with Crippen LogP contribution in [0.4, 0.5) is 0 Å². The number of carbonyl (C=O) groups excluding carboxylic acids is 1. The Kier molecular flexibility index (Phi) is 6.24. The highest BCUT2D eigenvalue weighted by Crippen LogP contribution is 2.30. The number of carbonyl (C=O) groups is 1. The van der Waals surface area contributed by atoms with Crippen LogP contribution in [0.1, 0.15) is 52.4 Å². The van der Waals surface area contributed by atoms with Gasteiger partial charge in [0.1, 0.15) is 0 Å². The number of hydrogen-bond acceptors (Lipinski definition) is 3. The van der Waals surface area contributed by atoms with Crippen molar-refractivity contribution in [3.8, 4) is 0 Å². The van der Waals surface area contributed by atoms with Gasteiger partial charge in [0.05, 0.1) is 0 Å². The van der Waals surface area contributed by atoms with Crippen molar-refractivity contribution >= 4 is 5.91 Å². The number of amides is 1. The molecule has 2 rings (SSSR count). The predicted molar refractivity (Wildman–Crippen MR) is 85.3 cm³/mol. The lowest BCUT2D eigenvalue weighted by atomic mass is 9.86. The molecule has 0 saturated carbocycles. The van der Waals surface area contributed by atoms with Gasteiger partial charge in [-0.2, -0.15) is 0 Å². The summed E-state index contributed by atoms with van der Waals surface area (Å²) in [5.74, 6) is 0.0831. The first-order chi connectivity index (χ1) is 10.2. The molecule has 4 nitrogen and oxygen atoms in total. The Morgan fingerprint density at radius 1 is 1.24 bits per heavy atom. The summed E-state index contributed by atoms with van der Waals surface area (Å²) in [4.78, 5) is 14.8. The molecular weight excluding hydrogens is 264 g/mol. The van der Waals surface area contributed by atoms with Gasteiger partial charge in [0.2, 0.25) is 5.91 Å². The first-order valence-corrected chi connectivity index (χ1v) is 8.46. The number of allylic oxidation sites excluding steroid dienone is 1. The Hall–Kier alpha value is -0.870. The summed E-state index contributed by atoms with van der Waals surface area (Å²) in [5.41, 5.74) is 0.944. The molecule has 1 amide bonds. The van der Waals surface area contributed by atoms with Gasteiger partial charge >= 0.3 is 0 Å². The molecule has 0 aromatic heterocycles. The molecule has 0 aromatic rings. The zero-order valence-corrected chi connectivity index (χ0v) is 13.6. The molecule has 2 saturated heterocycles. The minimum atomic E-state index is 0.0831. The second-order valence-corrected chi connectivity index (χ2v) is 6.36. The Morgan fingerprint density at radius 3 is 2.52 bits per heavy atom. The number of piperidine rings is 1. The summed E-state index contributed by atoms with van der Waals surface area (Å²) in [5, 5.41) is 3.17. The Bertz CT molecular complexity index is 367. The van der Waals surface area contributed by atoms with E-state index in [1.54, 1.807) is 0 Å². The number of nitrogens with zero attached hydrogens (tertiary/aromatic N) is 1. The third-order valence-corrected chi connectivity index (χ3v) is 4.90. The van der Waals surface area contributed by atoms with Crippen molar-refractivity contribution in [2.75, 3.05) is 32.8 Å². The van der Waals surface area contributed by atoms with Crippen molar-refractivity contribution in [1.82, 2.24) is 10.2 Å². The average Bonchev–Trinajstić information content (AvgIpc) is 2.54. The van der Waals surface area contributed by atoms with Crippen molar-refractivity contribution in [2.45, 2.75) is 57.9 Å². The maximum absolute atomic E-state index is 12.2. The Balaban J connectivity index is 1.99. The Morgan fingerprint density at radius 2 is 1.90 bits per heavy atom. The summed E-state index contributed by atoms with van der Waals surface area (Å²) in [6.45, 7) is 8.68. The summed E-state index contributed by atoms with van der Waals surface area (Å²) >= 11 is 0. The molecule has 1 N–H and O–H groups in total. The van der Waals surface area contributed by atoms with E-state index in [1.807, 2.05) is 13.0 Å². The van der Waals surface area contributed by atoms with Crippen LogP contribution in [0.2, 0.25) is 0 Å². The van der Waals surface area contributed by atoms with E-state index < -0.39 is 0 Å². The zero-order chi connectivity index (χ0) is 15.1. The molecule has 2 fully saturated rings. The fourth-order valence-electron chi connectivity index (χ4n) is 3.51. The van der Waals surface area contributed by atoms with E-state index in [2.05, 4.69) is 17.1 Å². The smallest absolute Gasteiger partial charge is 0.246 e. The van der Waals surface area contributed by atoms with E-state index in [-0.39, 0.29) is 11.4 Å². The zero-order valence-electron chi connectivity index (χ0n) is 13.6. The summed E-state index contributed by atoms with van der Waals surface area (Å²) in [6, 6.07) is 0. The fourth-order valence-corrected chi connectivity index (χ4v) is 3.51. The lowest BCUT2D eigenvalue weighted by molar-refractivity contribution is -0.119. The van der Waals surface area contributed by atoms with Gasteiger partial charge in [0, 0.05) is 30.9 Å². The van der Waals surface area contributed by atoms with Crippen LogP contribution in [0.15, 0.2) is 11.6 Å². The minimum Gasteiger partial charge on any atom is -0.381 e. The molecule has 0 radical (unpaired) electrons. The number of nitrogens with one attached hydrogen (secondary N) is 1. The first kappa shape index (κ1) is 16.5. The largest absolute Gasteiger partial charge is 0.381 e. The van der Waals surface area contributed by atoms with E-state index in [4.69, 9.17) is 4.74 Å². The molecule has 0 atom stereocenters. The van der Waals surface area contributed by atoms with Gasteiger partial charge in [-0.1, -0.05) is 19.4 Å². The average molecular weight is 294 g/mol. The van der Waals surface area contributed by atoms with Gasteiger partial charge in [-0.3, -0.25) is 9.69 Å². The van der Waals surface area contributed by atoms with Crippen LogP contribution in [0.25, 0.3) is 0 Å². The molecule has 2 aliphatic heterocycles. The van der Waals surface area contributed by atoms with E-state index in [0.29, 0.717) is 0 Å². The predicted octanol–water partition coefficient (Wildman–Crippen LogP) is 2.49. The molecule has 2 heterocycles. The SMILES string of the molecule is CCC=C(C)C(=O)NCC1(N2CCCCC2)CCOCC1. The van der Waals surface area contributed by atoms with Crippen LogP contribution in [-0.4, -0.2) is 49.2 Å². The van der Waals surface area contributed by atoms with Gasteiger partial charge in [0.15, 0.2) is 0 Å². The minimum absolute atomic E-state index is 0.0831. The lowest BCUT2D eigenvalue weighted by Gasteiger charge is -2.48. The normalized spacial score (nSPS) is 23.8. The highest BCUT2D eigenvalue weighted by atomic mass is 16.5. The van der Waals surface area contributed by atoms with Gasteiger partial charge in [-0.05, 0) is 52.1 Å². The summed E-state index contributed by atoms with van der Waals surface area (Å²) in [7, 11) is 0. The van der Waals surface area contributed by atoms with Gasteiger partial charge in [0.25, 0.3) is 0 Å². The molecule has 0 aliphatic carbocycles. The molecule has 120 valence electrons. The number of rotatable bonds is 5. The standard InChI is InChI=1S/C17H30N2O2/c1-3-7-15(2)16(20)18-14-17(8-12-21-13-9-17)19-10-5-4-6-11-19/h7H,3-6,8-14H2,1-2H3,(H,18,20). The summed E-state index contributed by atoms with van der Waals surface area (Å²) in [6.07, 6.45) is 8.87. The molecule has 0 unspecified atom stereocenters. The topological polar surface area (TPSA) is 41.6 Å². The van der Waals surface area contributed by atoms with Crippen LogP contribution >= 0.6 is 0 Å². The lowest BCUT2D eigenvalue weighted by Crippen LogP contribution is -2.59. The molecule has 21 heavy (non-hydrogen) atoms. The number of likely N-dealkylation sites (tertiary alicyclic amines) is 1. The van der Waals surface area contributed by atoms with Crippen molar-refractivity contribution in [3.05, 3.63) is 11.6 Å². The number of hydrogen-bond donors (Lipinski definition) is 1. The second-order valence-electron chi connectivity index (χ2n) is 6.36. The maximum Gasteiger partial charge on any atom is 0.246 e. The van der Waals surface area contributed by atoms with Crippen molar-refractivity contribution in [3.63, 3.8) is 0 Å². The van der Waals surface area contributed by atoms with Crippen LogP contribution in [0, 0.1) is 0 Å². The molecular formula is C17H30N2O2. The van der Waals surface area contributed by atoms with E-state index in [1.165, 1.54) is 32.4 Å². The van der Waals surface area contributed by atoms with Gasteiger partial charge in [-0.15, -0.1) is 0 Å². The highest BCUT2D eigenvalue weighted by Gasteiger charge is 2.39. The van der Waals surface area contributed by atoms with Gasteiger partial charge in [-0.25, -0.2) is 0 Å². The van der Waals surface area contributed by atoms with Crippen LogP contribution < -0.4 is 5.32 Å². The monoisotopic (exact) mass is 294 g/mol.